The van der Waals surface area contributed by atoms with Gasteiger partial charge in [-0.1, -0.05) is 0 Å². The third-order valence-corrected chi connectivity index (χ3v) is 4.45. The molecule has 0 heterocycles. The van der Waals surface area contributed by atoms with Crippen molar-refractivity contribution in [3.05, 3.63) is 0 Å². The molecular weight excluding hydrogens is 670 g/mol. The van der Waals surface area contributed by atoms with Crippen molar-refractivity contribution in [2.45, 2.75) is 70.3 Å². The van der Waals surface area contributed by atoms with Crippen LogP contribution in [0.4, 0.5) is 92.2 Å². The Morgan fingerprint density at radius 1 is 0.353 bits per heavy atom. The summed E-state index contributed by atoms with van der Waals surface area (Å²) in [7, 11) is 0. The number of halogens is 22. The van der Waals surface area contributed by atoms with Crippen molar-refractivity contribution in [1.82, 2.24) is 0 Å². The first-order valence-corrected chi connectivity index (χ1v) is 8.40. The van der Waals surface area contributed by atoms with Crippen LogP contribution in [0, 0.1) is 0 Å². The summed E-state index contributed by atoms with van der Waals surface area (Å²) >= 11 is -0.954. The molecule has 34 heavy (non-hydrogen) atoms. The Balaban J connectivity index is 6.27. The van der Waals surface area contributed by atoms with Crippen LogP contribution in [-0.2, 0) is 0 Å². The normalized spacial score (nSPS) is 16.8. The summed E-state index contributed by atoms with van der Waals surface area (Å²) in [6.07, 6.45) is -16.7. The third kappa shape index (κ3) is 5.19. The van der Waals surface area contributed by atoms with Crippen LogP contribution in [-0.4, -0.2) is 57.5 Å². The van der Waals surface area contributed by atoms with Crippen LogP contribution in [0.1, 0.15) is 12.8 Å². The number of alkyl halides is 22. The van der Waals surface area contributed by atoms with E-state index in [2.05, 4.69) is 0 Å². The second-order valence-electron chi connectivity index (χ2n) is 6.49. The lowest BCUT2D eigenvalue weighted by atomic mass is 9.90. The first-order chi connectivity index (χ1) is 14.2. The van der Waals surface area contributed by atoms with E-state index in [1.807, 2.05) is 0 Å². The van der Waals surface area contributed by atoms with Crippen molar-refractivity contribution < 1.29 is 92.2 Å². The molecule has 0 aromatic carbocycles. The fourth-order valence-corrected chi connectivity index (χ4v) is 2.29. The number of rotatable bonds is 10. The summed E-state index contributed by atoms with van der Waals surface area (Å²) in [5.74, 6) is -60.6. The maximum Gasteiger partial charge on any atom is 0.460 e. The molecule has 206 valence electrons. The van der Waals surface area contributed by atoms with Crippen LogP contribution in [0.2, 0.25) is 0 Å². The molecule has 0 bridgehead atoms. The molecule has 0 fully saturated rings. The first kappa shape index (κ1) is 33.3. The lowest BCUT2D eigenvalue weighted by molar-refractivity contribution is -0.405. The minimum atomic E-state index is -7.98. The fourth-order valence-electron chi connectivity index (χ4n) is 1.95. The zero-order valence-electron chi connectivity index (χ0n) is 14.7. The van der Waals surface area contributed by atoms with E-state index in [1.54, 1.807) is 0 Å². The molecule has 0 aromatic heterocycles. The second kappa shape index (κ2) is 8.40. The predicted molar refractivity (Wildman–Crippen MR) is 73.8 cm³/mol. The van der Waals surface area contributed by atoms with Gasteiger partial charge in [-0.3, -0.25) is 0 Å². The quantitative estimate of drug-likeness (QED) is 0.124. The summed E-state index contributed by atoms with van der Waals surface area (Å²) in [6, 6.07) is 0. The lowest BCUT2D eigenvalue weighted by Crippen LogP contribution is -2.67. The summed E-state index contributed by atoms with van der Waals surface area (Å²) in [5, 5.41) is 0. The van der Waals surface area contributed by atoms with Gasteiger partial charge in [0.05, 0.1) is 12.8 Å². The Morgan fingerprint density at radius 2 is 0.618 bits per heavy atom. The number of hydrogen-bond donors (Lipinski definition) is 0. The van der Waals surface area contributed by atoms with Crippen molar-refractivity contribution in [2.24, 2.45) is 0 Å². The first-order valence-electron chi connectivity index (χ1n) is 7.32. The molecule has 0 aliphatic carbocycles. The summed E-state index contributed by atoms with van der Waals surface area (Å²) < 4.78 is 264. The van der Waals surface area contributed by atoms with Gasteiger partial charge < -0.3 is 0 Å². The molecule has 0 atom stereocenters. The molecular formula is C12H4F21I. The Hall–Kier alpha value is -0.740. The van der Waals surface area contributed by atoms with E-state index in [9.17, 15) is 92.2 Å². The van der Waals surface area contributed by atoms with E-state index in [-0.39, 0.29) is 0 Å². The van der Waals surface area contributed by atoms with Crippen molar-refractivity contribution >= 4 is 22.6 Å². The zero-order chi connectivity index (χ0) is 28.4. The molecule has 0 saturated heterocycles. The second-order valence-corrected chi connectivity index (χ2v) is 7.84. The molecule has 0 aromatic rings. The highest BCUT2D eigenvalue weighted by atomic mass is 127. The van der Waals surface area contributed by atoms with E-state index in [1.165, 1.54) is 0 Å². The lowest BCUT2D eigenvalue weighted by Gasteiger charge is -2.39. The van der Waals surface area contributed by atoms with Gasteiger partial charge in [0.25, 0.3) is 5.92 Å². The third-order valence-electron chi connectivity index (χ3n) is 3.78. The van der Waals surface area contributed by atoms with Gasteiger partial charge >= 0.3 is 51.6 Å². The minimum Gasteiger partial charge on any atom is -0.206 e. The van der Waals surface area contributed by atoms with E-state index >= 15 is 0 Å². The molecule has 0 nitrogen and oxygen atoms in total. The van der Waals surface area contributed by atoms with Crippen molar-refractivity contribution in [3.63, 3.8) is 0 Å². The Labute approximate surface area is 185 Å². The topological polar surface area (TPSA) is 0 Å². The maximum absolute atomic E-state index is 13.4. The van der Waals surface area contributed by atoms with Crippen LogP contribution < -0.4 is 0 Å². The monoisotopic (exact) mass is 674 g/mol. The highest BCUT2D eigenvalue weighted by Crippen LogP contribution is 2.61. The van der Waals surface area contributed by atoms with Gasteiger partial charge in [0.2, 0.25) is 0 Å². The van der Waals surface area contributed by atoms with Crippen LogP contribution in [0.5, 0.6) is 0 Å². The molecule has 22 heteroatoms. The Kier molecular flexibility index (Phi) is 8.22. The molecule has 0 rings (SSSR count). The molecule has 0 amide bonds. The molecule has 0 aliphatic heterocycles. The van der Waals surface area contributed by atoms with Crippen LogP contribution in [0.25, 0.3) is 0 Å². The van der Waals surface area contributed by atoms with Gasteiger partial charge in [-0.05, 0) is 0 Å². The predicted octanol–water partition coefficient (Wildman–Crippen LogP) is 8.44. The van der Waals surface area contributed by atoms with Crippen LogP contribution >= 0.6 is 22.6 Å². The van der Waals surface area contributed by atoms with Gasteiger partial charge in [-0.25, -0.2) is 8.78 Å². The van der Waals surface area contributed by atoms with Crippen molar-refractivity contribution in [1.29, 1.82) is 0 Å². The molecule has 0 unspecified atom stereocenters. The average molecular weight is 674 g/mol. The van der Waals surface area contributed by atoms with Gasteiger partial charge in [-0.15, -0.1) is 0 Å². The Bertz CT molecular complexity index is 725. The van der Waals surface area contributed by atoms with Gasteiger partial charge in [-0.2, -0.15) is 83.4 Å². The fraction of sp³-hybridized carbons (Fsp3) is 1.00. The smallest absolute Gasteiger partial charge is 0.206 e. The zero-order valence-corrected chi connectivity index (χ0v) is 16.9. The van der Waals surface area contributed by atoms with Crippen molar-refractivity contribution in [2.75, 3.05) is 0 Å². The molecule has 0 aliphatic rings. The summed E-state index contributed by atoms with van der Waals surface area (Å²) in [5.41, 5.74) is 0. The highest BCUT2D eigenvalue weighted by Gasteiger charge is 2.87. The van der Waals surface area contributed by atoms with E-state index in [4.69, 9.17) is 0 Å². The van der Waals surface area contributed by atoms with E-state index in [0.29, 0.717) is 0 Å². The molecule has 0 spiro atoms. The van der Waals surface area contributed by atoms with Gasteiger partial charge in [0.1, 0.15) is 0 Å². The van der Waals surface area contributed by atoms with Gasteiger partial charge in [0, 0.05) is 22.6 Å². The summed E-state index contributed by atoms with van der Waals surface area (Å²) in [6.45, 7) is 0. The van der Waals surface area contributed by atoms with E-state index < -0.39 is 92.9 Å². The molecule has 0 saturated carbocycles. The van der Waals surface area contributed by atoms with E-state index in [0.717, 1.165) is 0 Å². The average Bonchev–Trinajstić information content (AvgIpc) is 2.49. The molecule has 0 N–H and O–H groups in total. The SMILES string of the molecule is FC(F)(CC(F)(F)C(F)(F)C(F)(F)C(F)(F)F)CC(F)(F)C(F)(F)C(F)(F)C(F)(F)C(F)(F)I. The van der Waals surface area contributed by atoms with Crippen LogP contribution in [0.3, 0.4) is 0 Å². The Morgan fingerprint density at radius 3 is 0.853 bits per heavy atom. The maximum atomic E-state index is 13.4. The number of hydrogen-bond acceptors (Lipinski definition) is 0. The van der Waals surface area contributed by atoms with Gasteiger partial charge in [0.15, 0.2) is 0 Å². The van der Waals surface area contributed by atoms with Crippen LogP contribution in [0.15, 0.2) is 0 Å². The standard InChI is InChI=1S/C12H4F21I/c13-3(14,2-5(17,18)7(21,22)9(25,26)11(29,30)31)1-4(15,16)6(19,20)8(23,24)10(27,28)12(32,33)34/h1-2H2. The highest BCUT2D eigenvalue weighted by molar-refractivity contribution is 14.1. The van der Waals surface area contributed by atoms with Crippen molar-refractivity contribution in [3.8, 4) is 0 Å². The molecule has 0 radical (unpaired) electrons. The minimum absolute atomic E-state index is 0.954. The summed E-state index contributed by atoms with van der Waals surface area (Å²) in [4.78, 5) is 0. The largest absolute Gasteiger partial charge is 0.460 e.